The van der Waals surface area contributed by atoms with Gasteiger partial charge >= 0.3 is 0 Å². The van der Waals surface area contributed by atoms with Gasteiger partial charge in [0.15, 0.2) is 5.76 Å². The Hall–Kier alpha value is -2.18. The highest BCUT2D eigenvalue weighted by Gasteiger charge is 2.14. The lowest BCUT2D eigenvalue weighted by Gasteiger charge is -2.06. The molecule has 1 N–H and O–H groups in total. The fourth-order valence-electron chi connectivity index (χ4n) is 2.45. The number of halogens is 1. The molecule has 4 nitrogen and oxygen atoms in total. The summed E-state index contributed by atoms with van der Waals surface area (Å²) >= 11 is 3.35. The zero-order valence-electron chi connectivity index (χ0n) is 14.2. The molecule has 0 aliphatic carbocycles. The molecule has 1 heterocycles. The van der Waals surface area contributed by atoms with Gasteiger partial charge in [0, 0.05) is 15.9 Å². The van der Waals surface area contributed by atoms with Gasteiger partial charge in [-0.15, -0.1) is 0 Å². The minimum atomic E-state index is -1.23. The molecule has 3 rings (SSSR count). The molecule has 0 aliphatic heterocycles. The molecule has 0 aliphatic rings. The molecule has 6 heteroatoms. The van der Waals surface area contributed by atoms with E-state index in [1.165, 1.54) is 0 Å². The SMILES string of the molecule is Cc1ccccc1CNC(=O)c1ccc(CS(=O)c2ccc(Br)cc2)o1. The van der Waals surface area contributed by atoms with Crippen molar-refractivity contribution < 1.29 is 13.4 Å². The third-order valence-corrected chi connectivity index (χ3v) is 5.81. The highest BCUT2D eigenvalue weighted by Crippen LogP contribution is 2.18. The van der Waals surface area contributed by atoms with E-state index in [9.17, 15) is 9.00 Å². The molecule has 1 unspecified atom stereocenters. The Labute approximate surface area is 163 Å². The Morgan fingerprint density at radius 3 is 2.54 bits per heavy atom. The third kappa shape index (κ3) is 4.71. The standard InChI is InChI=1S/C20H18BrNO3S/c1-14-4-2-3-5-15(14)12-22-20(23)19-11-8-17(25-19)13-26(24)18-9-6-16(21)7-10-18/h2-11H,12-13H2,1H3,(H,22,23). The molecular weight excluding hydrogens is 414 g/mol. The van der Waals surface area contributed by atoms with E-state index in [-0.39, 0.29) is 17.4 Å². The molecule has 0 radical (unpaired) electrons. The average Bonchev–Trinajstić information content (AvgIpc) is 3.10. The highest BCUT2D eigenvalue weighted by molar-refractivity contribution is 9.10. The van der Waals surface area contributed by atoms with Crippen LogP contribution in [0.3, 0.4) is 0 Å². The van der Waals surface area contributed by atoms with E-state index in [4.69, 9.17) is 4.42 Å². The first-order valence-electron chi connectivity index (χ1n) is 8.08. The number of carbonyl (C=O) groups excluding carboxylic acids is 1. The van der Waals surface area contributed by atoms with E-state index in [0.717, 1.165) is 20.5 Å². The summed E-state index contributed by atoms with van der Waals surface area (Å²) in [6, 6.07) is 18.5. The van der Waals surface area contributed by atoms with Crippen LogP contribution in [0.2, 0.25) is 0 Å². The Morgan fingerprint density at radius 2 is 1.81 bits per heavy atom. The largest absolute Gasteiger partial charge is 0.455 e. The molecule has 0 fully saturated rings. The smallest absolute Gasteiger partial charge is 0.287 e. The van der Waals surface area contributed by atoms with Gasteiger partial charge < -0.3 is 9.73 Å². The summed E-state index contributed by atoms with van der Waals surface area (Å²) in [7, 11) is -1.23. The Kier molecular flexibility index (Phi) is 6.06. The first kappa shape index (κ1) is 18.6. The van der Waals surface area contributed by atoms with E-state index in [1.807, 2.05) is 43.3 Å². The molecule has 3 aromatic rings. The molecule has 1 aromatic heterocycles. The van der Waals surface area contributed by atoms with Crippen LogP contribution in [0.5, 0.6) is 0 Å². The van der Waals surface area contributed by atoms with Gasteiger partial charge in [-0.1, -0.05) is 40.2 Å². The number of aryl methyl sites for hydroxylation is 1. The van der Waals surface area contributed by atoms with Crippen molar-refractivity contribution >= 4 is 32.6 Å². The molecule has 0 saturated heterocycles. The molecule has 0 saturated carbocycles. The molecule has 134 valence electrons. The number of hydrogen-bond acceptors (Lipinski definition) is 3. The predicted octanol–water partition coefficient (Wildman–Crippen LogP) is 4.59. The average molecular weight is 432 g/mol. The quantitative estimate of drug-likeness (QED) is 0.620. The molecule has 1 amide bonds. The maximum Gasteiger partial charge on any atom is 0.287 e. The van der Waals surface area contributed by atoms with Crippen LogP contribution < -0.4 is 5.32 Å². The van der Waals surface area contributed by atoms with Crippen LogP contribution in [0.15, 0.2) is 74.4 Å². The summed E-state index contributed by atoms with van der Waals surface area (Å²) in [5.74, 6) is 0.690. The van der Waals surface area contributed by atoms with Crippen molar-refractivity contribution in [2.24, 2.45) is 0 Å². The van der Waals surface area contributed by atoms with Gasteiger partial charge in [-0.25, -0.2) is 0 Å². The van der Waals surface area contributed by atoms with Crippen LogP contribution in [-0.2, 0) is 23.1 Å². The van der Waals surface area contributed by atoms with Gasteiger partial charge in [0.1, 0.15) is 5.76 Å². The number of amides is 1. The van der Waals surface area contributed by atoms with Crippen molar-refractivity contribution in [1.29, 1.82) is 0 Å². The summed E-state index contributed by atoms with van der Waals surface area (Å²) < 4.78 is 18.9. The van der Waals surface area contributed by atoms with Gasteiger partial charge in [-0.05, 0) is 54.4 Å². The van der Waals surface area contributed by atoms with E-state index in [0.29, 0.717) is 12.3 Å². The van der Waals surface area contributed by atoms with Crippen LogP contribution in [0.4, 0.5) is 0 Å². The number of nitrogens with one attached hydrogen (secondary N) is 1. The second-order valence-electron chi connectivity index (χ2n) is 5.82. The lowest BCUT2D eigenvalue weighted by atomic mass is 10.1. The second-order valence-corrected chi connectivity index (χ2v) is 8.19. The number of carbonyl (C=O) groups is 1. The Morgan fingerprint density at radius 1 is 1.08 bits per heavy atom. The minimum Gasteiger partial charge on any atom is -0.455 e. The summed E-state index contributed by atoms with van der Waals surface area (Å²) in [5.41, 5.74) is 2.18. The van der Waals surface area contributed by atoms with Crippen LogP contribution in [0.25, 0.3) is 0 Å². The fraction of sp³-hybridized carbons (Fsp3) is 0.150. The molecule has 1 atom stereocenters. The van der Waals surface area contributed by atoms with Gasteiger partial charge in [-0.3, -0.25) is 9.00 Å². The number of benzene rings is 2. The highest BCUT2D eigenvalue weighted by atomic mass is 79.9. The zero-order valence-corrected chi connectivity index (χ0v) is 16.6. The summed E-state index contributed by atoms with van der Waals surface area (Å²) in [4.78, 5) is 13.0. The maximum absolute atomic E-state index is 12.4. The number of rotatable bonds is 6. The van der Waals surface area contributed by atoms with E-state index >= 15 is 0 Å². The van der Waals surface area contributed by atoms with Crippen molar-refractivity contribution in [2.45, 2.75) is 24.1 Å². The van der Waals surface area contributed by atoms with Crippen LogP contribution in [0, 0.1) is 6.92 Å². The number of hydrogen-bond donors (Lipinski definition) is 1. The molecule has 26 heavy (non-hydrogen) atoms. The van der Waals surface area contributed by atoms with Gasteiger partial charge in [-0.2, -0.15) is 0 Å². The summed E-state index contributed by atoms with van der Waals surface area (Å²) in [6.07, 6.45) is 0. The van der Waals surface area contributed by atoms with Gasteiger partial charge in [0.25, 0.3) is 5.91 Å². The molecular formula is C20H18BrNO3S. The van der Waals surface area contributed by atoms with Crippen LogP contribution >= 0.6 is 15.9 Å². The minimum absolute atomic E-state index is 0.224. The normalized spacial score (nSPS) is 11.9. The Bertz CT molecular complexity index is 934. The fourth-order valence-corrected chi connectivity index (χ4v) is 3.73. The van der Waals surface area contributed by atoms with E-state index < -0.39 is 10.8 Å². The van der Waals surface area contributed by atoms with Crippen LogP contribution in [0.1, 0.15) is 27.4 Å². The third-order valence-electron chi connectivity index (χ3n) is 3.94. The van der Waals surface area contributed by atoms with E-state index in [2.05, 4.69) is 21.2 Å². The van der Waals surface area contributed by atoms with Gasteiger partial charge in [0.2, 0.25) is 0 Å². The Balaban J connectivity index is 1.60. The first-order valence-corrected chi connectivity index (χ1v) is 10.2. The predicted molar refractivity (Wildman–Crippen MR) is 105 cm³/mol. The second kappa shape index (κ2) is 8.47. The monoisotopic (exact) mass is 431 g/mol. The van der Waals surface area contributed by atoms with Crippen molar-refractivity contribution in [2.75, 3.05) is 0 Å². The zero-order chi connectivity index (χ0) is 18.5. The van der Waals surface area contributed by atoms with E-state index in [1.54, 1.807) is 24.3 Å². The molecule has 2 aromatic carbocycles. The van der Waals surface area contributed by atoms with Crippen molar-refractivity contribution in [3.63, 3.8) is 0 Å². The first-order chi connectivity index (χ1) is 12.5. The maximum atomic E-state index is 12.4. The lowest BCUT2D eigenvalue weighted by Crippen LogP contribution is -2.22. The number of furan rings is 1. The van der Waals surface area contributed by atoms with Crippen LogP contribution in [-0.4, -0.2) is 10.1 Å². The molecule has 0 bridgehead atoms. The van der Waals surface area contributed by atoms with Crippen molar-refractivity contribution in [1.82, 2.24) is 5.32 Å². The molecule has 0 spiro atoms. The van der Waals surface area contributed by atoms with Crippen molar-refractivity contribution in [3.8, 4) is 0 Å². The topological polar surface area (TPSA) is 59.3 Å². The van der Waals surface area contributed by atoms with Gasteiger partial charge in [0.05, 0.1) is 16.6 Å². The lowest BCUT2D eigenvalue weighted by molar-refractivity contribution is 0.0921. The summed E-state index contributed by atoms with van der Waals surface area (Å²) in [5, 5.41) is 2.85. The van der Waals surface area contributed by atoms with Crippen molar-refractivity contribution in [3.05, 3.63) is 87.8 Å². The summed E-state index contributed by atoms with van der Waals surface area (Å²) in [6.45, 7) is 2.44.